The number of hydrogen-bond donors (Lipinski definition) is 0. The molecule has 6 heteroatoms. The van der Waals surface area contributed by atoms with Crippen LogP contribution in [0.5, 0.6) is 0 Å². The van der Waals surface area contributed by atoms with Gasteiger partial charge in [-0.25, -0.2) is 4.98 Å². The van der Waals surface area contributed by atoms with Crippen LogP contribution in [0.3, 0.4) is 0 Å². The van der Waals surface area contributed by atoms with Crippen molar-refractivity contribution in [1.82, 2.24) is 24.1 Å². The Balaban J connectivity index is 1.19. The van der Waals surface area contributed by atoms with Crippen LogP contribution in [0.2, 0.25) is 0 Å². The maximum atomic E-state index is 5.05. The number of fused-ring (bicyclic) bond motifs is 13. The van der Waals surface area contributed by atoms with Crippen LogP contribution in [0.1, 0.15) is 0 Å². The van der Waals surface area contributed by atoms with Crippen molar-refractivity contribution in [2.75, 3.05) is 0 Å². The SMILES string of the molecule is c1ccc(-c2nc3nc(-c4cccc(-n5c6ccccc6c6c7ccccc7c7c8ccccc8sc7c65)c4)nn3c3ccccc23)cc1. The van der Waals surface area contributed by atoms with Crippen LogP contribution in [-0.4, -0.2) is 24.1 Å². The molecule has 0 aliphatic carbocycles. The zero-order valence-electron chi connectivity index (χ0n) is 26.1. The molecule has 0 radical (unpaired) electrons. The third-order valence-corrected chi connectivity index (χ3v) is 10.9. The largest absolute Gasteiger partial charge is 0.308 e. The second-order valence-electron chi connectivity index (χ2n) is 12.5. The molecule has 11 aromatic rings. The molecule has 0 saturated heterocycles. The van der Waals surface area contributed by atoms with Crippen molar-refractivity contribution >= 4 is 80.8 Å². The zero-order chi connectivity index (χ0) is 32.1. The van der Waals surface area contributed by atoms with Gasteiger partial charge >= 0.3 is 0 Å². The lowest BCUT2D eigenvalue weighted by atomic mass is 9.99. The van der Waals surface area contributed by atoms with E-state index in [1.165, 1.54) is 52.8 Å². The van der Waals surface area contributed by atoms with Crippen LogP contribution in [-0.2, 0) is 0 Å². The van der Waals surface area contributed by atoms with Crippen molar-refractivity contribution in [1.29, 1.82) is 0 Å². The molecule has 0 N–H and O–H groups in total. The van der Waals surface area contributed by atoms with Crippen molar-refractivity contribution in [2.24, 2.45) is 0 Å². The van der Waals surface area contributed by atoms with Gasteiger partial charge in [0, 0.05) is 48.4 Å². The summed E-state index contributed by atoms with van der Waals surface area (Å²) in [6.45, 7) is 0. The second kappa shape index (κ2) is 10.1. The summed E-state index contributed by atoms with van der Waals surface area (Å²) in [5.41, 5.74) is 7.35. The highest BCUT2D eigenvalue weighted by molar-refractivity contribution is 7.27. The summed E-state index contributed by atoms with van der Waals surface area (Å²) in [5, 5.41) is 13.8. The Kier molecular flexibility index (Phi) is 5.48. The molecule has 49 heavy (non-hydrogen) atoms. The molecule has 7 aromatic carbocycles. The van der Waals surface area contributed by atoms with Gasteiger partial charge in [-0.15, -0.1) is 16.4 Å². The standard InChI is InChI=1S/C43H25N5S/c1-2-13-26(14-3-1)39-32-20-7-10-23-35(32)48-43(44-39)45-42(46-48)27-15-12-16-28(25-27)47-34-22-9-6-19-31(34)37-29-17-4-5-18-30(29)38-33-21-8-11-24-36(33)49-41(38)40(37)47/h1-25H. The van der Waals surface area contributed by atoms with Gasteiger partial charge in [-0.1, -0.05) is 121 Å². The Morgan fingerprint density at radius 2 is 1.14 bits per heavy atom. The first kappa shape index (κ1) is 26.7. The first-order valence-electron chi connectivity index (χ1n) is 16.4. The summed E-state index contributed by atoms with van der Waals surface area (Å²) < 4.78 is 6.91. The minimum absolute atomic E-state index is 0.577. The minimum Gasteiger partial charge on any atom is -0.308 e. The van der Waals surface area contributed by atoms with Gasteiger partial charge in [0.2, 0.25) is 0 Å². The Bertz CT molecular complexity index is 3110. The van der Waals surface area contributed by atoms with E-state index in [-0.39, 0.29) is 0 Å². The average Bonchev–Trinajstić information content (AvgIpc) is 3.88. The fourth-order valence-electron chi connectivity index (χ4n) is 7.67. The Morgan fingerprint density at radius 1 is 0.490 bits per heavy atom. The Labute approximate surface area is 283 Å². The lowest BCUT2D eigenvalue weighted by Crippen LogP contribution is -1.97. The molecule has 228 valence electrons. The van der Waals surface area contributed by atoms with Gasteiger partial charge < -0.3 is 4.57 Å². The third kappa shape index (κ3) is 3.77. The Morgan fingerprint density at radius 3 is 1.98 bits per heavy atom. The van der Waals surface area contributed by atoms with Crippen molar-refractivity contribution in [3.8, 4) is 28.3 Å². The number of thiophene rings is 1. The fraction of sp³-hybridized carbons (Fsp3) is 0. The highest BCUT2D eigenvalue weighted by Crippen LogP contribution is 2.47. The highest BCUT2D eigenvalue weighted by atomic mass is 32.1. The van der Waals surface area contributed by atoms with Crippen LogP contribution in [0, 0.1) is 0 Å². The molecule has 0 unspecified atom stereocenters. The van der Waals surface area contributed by atoms with E-state index in [0.717, 1.165) is 33.4 Å². The van der Waals surface area contributed by atoms with Crippen molar-refractivity contribution in [2.45, 2.75) is 0 Å². The van der Waals surface area contributed by atoms with E-state index in [4.69, 9.17) is 15.1 Å². The highest BCUT2D eigenvalue weighted by Gasteiger charge is 2.22. The molecule has 4 aromatic heterocycles. The number of hydrogen-bond acceptors (Lipinski definition) is 4. The molecule has 0 spiro atoms. The molecule has 0 atom stereocenters. The van der Waals surface area contributed by atoms with E-state index >= 15 is 0 Å². The van der Waals surface area contributed by atoms with Crippen LogP contribution in [0.15, 0.2) is 152 Å². The molecule has 0 saturated carbocycles. The zero-order valence-corrected chi connectivity index (χ0v) is 26.9. The van der Waals surface area contributed by atoms with Gasteiger partial charge in [0.05, 0.1) is 26.9 Å². The van der Waals surface area contributed by atoms with E-state index < -0.39 is 0 Å². The molecule has 5 nitrogen and oxygen atoms in total. The monoisotopic (exact) mass is 643 g/mol. The average molecular weight is 644 g/mol. The summed E-state index contributed by atoms with van der Waals surface area (Å²) in [6, 6.07) is 53.6. The lowest BCUT2D eigenvalue weighted by Gasteiger charge is -2.11. The molecule has 0 bridgehead atoms. The van der Waals surface area contributed by atoms with Crippen molar-refractivity contribution in [3.05, 3.63) is 152 Å². The third-order valence-electron chi connectivity index (χ3n) is 9.75. The van der Waals surface area contributed by atoms with E-state index in [9.17, 15) is 0 Å². The van der Waals surface area contributed by atoms with Crippen molar-refractivity contribution < 1.29 is 0 Å². The van der Waals surface area contributed by atoms with Gasteiger partial charge in [-0.3, -0.25) is 0 Å². The predicted octanol–water partition coefficient (Wildman–Crippen LogP) is 11.2. The summed E-state index contributed by atoms with van der Waals surface area (Å²) in [4.78, 5) is 10.1. The molecule has 0 fully saturated rings. The number of nitrogens with zero attached hydrogens (tertiary/aromatic N) is 5. The summed E-state index contributed by atoms with van der Waals surface area (Å²) in [7, 11) is 0. The van der Waals surface area contributed by atoms with E-state index in [1.807, 2.05) is 46.2 Å². The normalized spacial score (nSPS) is 12.1. The topological polar surface area (TPSA) is 48.0 Å². The van der Waals surface area contributed by atoms with Crippen LogP contribution >= 0.6 is 11.3 Å². The van der Waals surface area contributed by atoms with Crippen molar-refractivity contribution in [3.63, 3.8) is 0 Å². The molecular formula is C43H25N5S. The Hall–Kier alpha value is -6.37. The lowest BCUT2D eigenvalue weighted by molar-refractivity contribution is 0.988. The van der Waals surface area contributed by atoms with Crippen LogP contribution in [0.4, 0.5) is 0 Å². The molecule has 0 amide bonds. The van der Waals surface area contributed by atoms with Crippen LogP contribution < -0.4 is 0 Å². The molecule has 0 aliphatic heterocycles. The van der Waals surface area contributed by atoms with E-state index in [2.05, 4.69) is 126 Å². The number of rotatable bonds is 3. The second-order valence-corrected chi connectivity index (χ2v) is 13.5. The smallest absolute Gasteiger partial charge is 0.253 e. The summed E-state index contributed by atoms with van der Waals surface area (Å²) >= 11 is 1.88. The van der Waals surface area contributed by atoms with Gasteiger partial charge in [-0.2, -0.15) is 9.50 Å². The predicted molar refractivity (Wildman–Crippen MR) is 204 cm³/mol. The number of benzene rings is 7. The van der Waals surface area contributed by atoms with E-state index in [0.29, 0.717) is 11.6 Å². The summed E-state index contributed by atoms with van der Waals surface area (Å²) in [6.07, 6.45) is 0. The molecule has 11 rings (SSSR count). The quantitative estimate of drug-likeness (QED) is 0.192. The molecule has 0 aliphatic rings. The fourth-order valence-corrected chi connectivity index (χ4v) is 8.93. The molecular weight excluding hydrogens is 619 g/mol. The van der Waals surface area contributed by atoms with E-state index in [1.54, 1.807) is 0 Å². The van der Waals surface area contributed by atoms with Gasteiger partial charge in [0.1, 0.15) is 0 Å². The van der Waals surface area contributed by atoms with Gasteiger partial charge in [-0.05, 0) is 41.1 Å². The number of aromatic nitrogens is 5. The van der Waals surface area contributed by atoms with Gasteiger partial charge in [0.25, 0.3) is 5.78 Å². The number of para-hydroxylation sites is 2. The molecule has 4 heterocycles. The first-order chi connectivity index (χ1) is 24.3. The maximum absolute atomic E-state index is 5.05. The summed E-state index contributed by atoms with van der Waals surface area (Å²) in [5.74, 6) is 1.22. The minimum atomic E-state index is 0.577. The van der Waals surface area contributed by atoms with Gasteiger partial charge in [0.15, 0.2) is 5.82 Å². The maximum Gasteiger partial charge on any atom is 0.253 e. The van der Waals surface area contributed by atoms with Crippen LogP contribution in [0.25, 0.3) is 97.8 Å². The first-order valence-corrected chi connectivity index (χ1v) is 17.2.